The zero-order chi connectivity index (χ0) is 14.1. The van der Waals surface area contributed by atoms with Crippen molar-refractivity contribution >= 4 is 28.4 Å². The molecule has 3 nitrogen and oxygen atoms in total. The first-order valence-electron chi connectivity index (χ1n) is 6.06. The smallest absolute Gasteiger partial charge is 0.229 e. The number of carbonyl (C=O) groups is 1. The third-order valence-corrected chi connectivity index (χ3v) is 3.40. The maximum atomic E-state index is 12.4. The molecule has 0 amide bonds. The second-order valence-corrected chi connectivity index (χ2v) is 4.71. The van der Waals surface area contributed by atoms with Gasteiger partial charge < -0.3 is 9.15 Å². The summed E-state index contributed by atoms with van der Waals surface area (Å²) >= 11 is 6.04. The number of furan rings is 1. The van der Waals surface area contributed by atoms with Gasteiger partial charge in [-0.3, -0.25) is 4.79 Å². The molecular weight excluding hydrogens is 276 g/mol. The van der Waals surface area contributed by atoms with Crippen molar-refractivity contribution in [3.8, 4) is 5.75 Å². The number of ether oxygens (including phenoxy) is 1. The quantitative estimate of drug-likeness (QED) is 0.673. The minimum Gasteiger partial charge on any atom is -0.493 e. The van der Waals surface area contributed by atoms with Gasteiger partial charge in [-0.05, 0) is 24.3 Å². The summed E-state index contributed by atoms with van der Waals surface area (Å²) in [4.78, 5) is 12.4. The summed E-state index contributed by atoms with van der Waals surface area (Å²) in [5, 5.41) is 1.23. The fourth-order valence-electron chi connectivity index (χ4n) is 2.09. The molecule has 20 heavy (non-hydrogen) atoms. The van der Waals surface area contributed by atoms with Gasteiger partial charge in [0.25, 0.3) is 0 Å². The van der Waals surface area contributed by atoms with Crippen LogP contribution in [0.3, 0.4) is 0 Å². The van der Waals surface area contributed by atoms with Gasteiger partial charge in [-0.25, -0.2) is 0 Å². The maximum absolute atomic E-state index is 12.4. The summed E-state index contributed by atoms with van der Waals surface area (Å²) in [6.45, 7) is 0. The minimum atomic E-state index is -0.242. The van der Waals surface area contributed by atoms with Crippen LogP contribution in [0.5, 0.6) is 5.75 Å². The molecule has 0 bridgehead atoms. The number of fused-ring (bicyclic) bond motifs is 1. The number of ketones is 1. The van der Waals surface area contributed by atoms with Crippen LogP contribution in [0.1, 0.15) is 16.1 Å². The molecular formula is C16H11ClO3. The lowest BCUT2D eigenvalue weighted by atomic mass is 10.1. The highest BCUT2D eigenvalue weighted by atomic mass is 35.5. The van der Waals surface area contributed by atoms with Crippen molar-refractivity contribution in [1.29, 1.82) is 0 Å². The highest BCUT2D eigenvalue weighted by molar-refractivity contribution is 6.34. The standard InChI is InChI=1S/C16H11ClO3/c1-19-13-8-4-5-10-9-14(20-16(10)13)15(18)11-6-2-3-7-12(11)17/h2-9H,1H3. The lowest BCUT2D eigenvalue weighted by Gasteiger charge is -2.00. The average Bonchev–Trinajstić information content (AvgIpc) is 2.91. The monoisotopic (exact) mass is 286 g/mol. The summed E-state index contributed by atoms with van der Waals surface area (Å²) in [7, 11) is 1.56. The van der Waals surface area contributed by atoms with Crippen molar-refractivity contribution in [3.63, 3.8) is 0 Å². The second-order valence-electron chi connectivity index (χ2n) is 4.30. The minimum absolute atomic E-state index is 0.242. The van der Waals surface area contributed by atoms with Crippen LogP contribution in [0.15, 0.2) is 52.9 Å². The van der Waals surface area contributed by atoms with Gasteiger partial charge in [-0.15, -0.1) is 0 Å². The van der Waals surface area contributed by atoms with Crippen molar-refractivity contribution in [3.05, 3.63) is 64.9 Å². The molecule has 3 rings (SSSR count). The van der Waals surface area contributed by atoms with Crippen molar-refractivity contribution in [2.75, 3.05) is 7.11 Å². The largest absolute Gasteiger partial charge is 0.493 e. The van der Waals surface area contributed by atoms with E-state index in [1.807, 2.05) is 12.1 Å². The number of methoxy groups -OCH3 is 1. The van der Waals surface area contributed by atoms with E-state index < -0.39 is 0 Å². The average molecular weight is 287 g/mol. The van der Waals surface area contributed by atoms with E-state index in [1.54, 1.807) is 43.5 Å². The normalized spacial score (nSPS) is 10.7. The third kappa shape index (κ3) is 2.06. The molecule has 0 aliphatic rings. The van der Waals surface area contributed by atoms with Crippen LogP contribution in [0, 0.1) is 0 Å². The van der Waals surface area contributed by atoms with E-state index in [4.69, 9.17) is 20.8 Å². The molecule has 0 aliphatic heterocycles. The van der Waals surface area contributed by atoms with Gasteiger partial charge in [0.1, 0.15) is 0 Å². The van der Waals surface area contributed by atoms with Gasteiger partial charge in [0, 0.05) is 10.9 Å². The van der Waals surface area contributed by atoms with Crippen LogP contribution in [0.2, 0.25) is 5.02 Å². The Labute approximate surface area is 120 Å². The van der Waals surface area contributed by atoms with E-state index in [0.717, 1.165) is 5.39 Å². The van der Waals surface area contributed by atoms with Crippen LogP contribution in [-0.2, 0) is 0 Å². The Morgan fingerprint density at radius 3 is 2.70 bits per heavy atom. The number of halogens is 1. The van der Waals surface area contributed by atoms with Gasteiger partial charge in [0.15, 0.2) is 17.1 Å². The molecule has 1 heterocycles. The first-order chi connectivity index (χ1) is 9.70. The Hall–Kier alpha value is -2.26. The van der Waals surface area contributed by atoms with E-state index in [-0.39, 0.29) is 11.5 Å². The van der Waals surface area contributed by atoms with Crippen molar-refractivity contribution in [1.82, 2.24) is 0 Å². The molecule has 0 N–H and O–H groups in total. The number of rotatable bonds is 3. The third-order valence-electron chi connectivity index (χ3n) is 3.07. The molecule has 3 aromatic rings. The highest BCUT2D eigenvalue weighted by Gasteiger charge is 2.18. The molecule has 100 valence electrons. The lowest BCUT2D eigenvalue weighted by Crippen LogP contribution is -1.99. The molecule has 0 spiro atoms. The van der Waals surface area contributed by atoms with Gasteiger partial charge in [0.05, 0.1) is 12.1 Å². The molecule has 0 radical (unpaired) electrons. The Balaban J connectivity index is 2.11. The first-order valence-corrected chi connectivity index (χ1v) is 6.44. The predicted octanol–water partition coefficient (Wildman–Crippen LogP) is 4.33. The van der Waals surface area contributed by atoms with Gasteiger partial charge in [0.2, 0.25) is 5.78 Å². The summed E-state index contributed by atoms with van der Waals surface area (Å²) < 4.78 is 10.8. The molecule has 2 aromatic carbocycles. The Bertz CT molecular complexity index is 789. The van der Waals surface area contributed by atoms with Crippen molar-refractivity contribution in [2.45, 2.75) is 0 Å². The summed E-state index contributed by atoms with van der Waals surface area (Å²) in [6, 6.07) is 14.1. The van der Waals surface area contributed by atoms with E-state index in [9.17, 15) is 4.79 Å². The van der Waals surface area contributed by atoms with E-state index in [1.165, 1.54) is 0 Å². The number of benzene rings is 2. The van der Waals surface area contributed by atoms with Crippen molar-refractivity contribution < 1.29 is 13.9 Å². The number of hydrogen-bond donors (Lipinski definition) is 0. The number of carbonyl (C=O) groups excluding carboxylic acids is 1. The molecule has 0 atom stereocenters. The van der Waals surface area contributed by atoms with E-state index in [2.05, 4.69) is 0 Å². The predicted molar refractivity (Wildman–Crippen MR) is 77.7 cm³/mol. The van der Waals surface area contributed by atoms with Gasteiger partial charge in [-0.1, -0.05) is 35.9 Å². The molecule has 0 saturated carbocycles. The fraction of sp³-hybridized carbons (Fsp3) is 0.0625. The van der Waals surface area contributed by atoms with Crippen LogP contribution in [-0.4, -0.2) is 12.9 Å². The van der Waals surface area contributed by atoms with Gasteiger partial charge in [-0.2, -0.15) is 0 Å². The van der Waals surface area contributed by atoms with Crippen molar-refractivity contribution in [2.24, 2.45) is 0 Å². The summed E-state index contributed by atoms with van der Waals surface area (Å²) in [5.74, 6) is 0.604. The molecule has 4 heteroatoms. The van der Waals surface area contributed by atoms with Crippen LogP contribution in [0.25, 0.3) is 11.0 Å². The second kappa shape index (κ2) is 5.02. The number of para-hydroxylation sites is 1. The fourth-order valence-corrected chi connectivity index (χ4v) is 2.31. The zero-order valence-corrected chi connectivity index (χ0v) is 11.5. The molecule has 0 saturated heterocycles. The zero-order valence-electron chi connectivity index (χ0n) is 10.7. The first kappa shape index (κ1) is 12.8. The van der Waals surface area contributed by atoms with Crippen LogP contribution >= 0.6 is 11.6 Å². The Morgan fingerprint density at radius 1 is 1.15 bits per heavy atom. The molecule has 0 fully saturated rings. The van der Waals surface area contributed by atoms with E-state index in [0.29, 0.717) is 21.9 Å². The molecule has 0 aliphatic carbocycles. The highest BCUT2D eigenvalue weighted by Crippen LogP contribution is 2.30. The number of hydrogen-bond acceptors (Lipinski definition) is 3. The van der Waals surface area contributed by atoms with Crippen LogP contribution < -0.4 is 4.74 Å². The Kier molecular flexibility index (Phi) is 3.20. The summed E-state index contributed by atoms with van der Waals surface area (Å²) in [5.41, 5.74) is 0.984. The van der Waals surface area contributed by atoms with Gasteiger partial charge >= 0.3 is 0 Å². The molecule has 1 aromatic heterocycles. The maximum Gasteiger partial charge on any atom is 0.229 e. The molecule has 0 unspecified atom stereocenters. The topological polar surface area (TPSA) is 39.4 Å². The SMILES string of the molecule is COc1cccc2cc(C(=O)c3ccccc3Cl)oc12. The lowest BCUT2D eigenvalue weighted by molar-refractivity contribution is 0.101. The van der Waals surface area contributed by atoms with Crippen LogP contribution in [0.4, 0.5) is 0 Å². The Morgan fingerprint density at radius 2 is 1.95 bits per heavy atom. The van der Waals surface area contributed by atoms with E-state index >= 15 is 0 Å². The summed E-state index contributed by atoms with van der Waals surface area (Å²) in [6.07, 6.45) is 0.